The van der Waals surface area contributed by atoms with Gasteiger partial charge >= 0.3 is 12.1 Å². The van der Waals surface area contributed by atoms with Gasteiger partial charge in [-0.1, -0.05) is 13.8 Å². The van der Waals surface area contributed by atoms with Crippen molar-refractivity contribution in [3.8, 4) is 5.75 Å². The van der Waals surface area contributed by atoms with Crippen LogP contribution in [0.5, 0.6) is 5.75 Å². The number of carbonyl (C=O) groups excluding carboxylic acids is 1. The number of hydrogen-bond acceptors (Lipinski definition) is 6. The van der Waals surface area contributed by atoms with E-state index < -0.39 is 51.5 Å². The highest BCUT2D eigenvalue weighted by Gasteiger charge is 2.42. The second-order valence-electron chi connectivity index (χ2n) is 7.14. The molecule has 0 spiro atoms. The van der Waals surface area contributed by atoms with Crippen LogP contribution < -0.4 is 4.74 Å². The van der Waals surface area contributed by atoms with Crippen LogP contribution in [0, 0.1) is 5.92 Å². The Morgan fingerprint density at radius 3 is 2.36 bits per heavy atom. The Bertz CT molecular complexity index is 811. The average molecular weight is 423 g/mol. The number of rotatable bonds is 7. The van der Waals surface area contributed by atoms with Crippen LogP contribution in [-0.4, -0.2) is 36.9 Å². The van der Waals surface area contributed by atoms with Crippen LogP contribution in [0.1, 0.15) is 55.5 Å². The third-order valence-corrected chi connectivity index (χ3v) is 5.57. The van der Waals surface area contributed by atoms with E-state index in [4.69, 9.17) is 4.74 Å². The summed E-state index contributed by atoms with van der Waals surface area (Å²) in [5, 5.41) is 0. The second-order valence-corrected chi connectivity index (χ2v) is 8.66. The van der Waals surface area contributed by atoms with Crippen LogP contribution in [0.2, 0.25) is 0 Å². The number of halogens is 3. The fourth-order valence-electron chi connectivity index (χ4n) is 3.28. The summed E-state index contributed by atoms with van der Waals surface area (Å²) >= 11 is 0. The van der Waals surface area contributed by atoms with Gasteiger partial charge in [-0.3, -0.25) is 0 Å². The molecule has 1 aromatic carbocycles. The Morgan fingerprint density at radius 2 is 1.86 bits per heavy atom. The molecule has 1 aliphatic rings. The predicted molar refractivity (Wildman–Crippen MR) is 93.0 cm³/mol. The smallest absolute Gasteiger partial charge is 0.419 e. The lowest BCUT2D eigenvalue weighted by Gasteiger charge is -2.35. The van der Waals surface area contributed by atoms with Crippen LogP contribution in [-0.2, 0) is 21.0 Å². The van der Waals surface area contributed by atoms with Gasteiger partial charge in [0, 0.05) is 0 Å². The molecular formula is C18H22F3O6S-. The number of alkyl halides is 3. The fourth-order valence-corrected chi connectivity index (χ4v) is 3.56. The highest BCUT2D eigenvalue weighted by Crippen LogP contribution is 2.44. The molecule has 0 amide bonds. The standard InChI is InChI=1S/C18H23F3O6S/c1-12(2)17(7-3-4-8-17)27-15-11-13(5-6-14(15)18(19,20)21)16(22)26-9-10-28(23,24)25/h5-6,11-12H,3-4,7-10H2,1-2H3,(H,23,24,25)/p-1. The minimum atomic E-state index is -4.68. The highest BCUT2D eigenvalue weighted by molar-refractivity contribution is 7.85. The molecule has 0 bridgehead atoms. The molecule has 1 aliphatic carbocycles. The monoisotopic (exact) mass is 423 g/mol. The molecule has 1 fully saturated rings. The predicted octanol–water partition coefficient (Wildman–Crippen LogP) is 3.76. The molecule has 1 aromatic rings. The highest BCUT2D eigenvalue weighted by atomic mass is 32.2. The number of ether oxygens (including phenoxy) is 2. The van der Waals surface area contributed by atoms with Gasteiger partial charge in [-0.25, -0.2) is 13.2 Å². The molecule has 158 valence electrons. The zero-order chi connectivity index (χ0) is 21.2. The first-order valence-electron chi connectivity index (χ1n) is 8.85. The Balaban J connectivity index is 2.31. The third kappa shape index (κ3) is 5.60. The van der Waals surface area contributed by atoms with Crippen molar-refractivity contribution in [3.63, 3.8) is 0 Å². The Kier molecular flexibility index (Phi) is 6.65. The van der Waals surface area contributed by atoms with Gasteiger partial charge in [-0.2, -0.15) is 13.2 Å². The molecule has 0 aliphatic heterocycles. The van der Waals surface area contributed by atoms with Crippen molar-refractivity contribution in [2.75, 3.05) is 12.4 Å². The van der Waals surface area contributed by atoms with Crippen LogP contribution in [0.3, 0.4) is 0 Å². The van der Waals surface area contributed by atoms with Gasteiger partial charge in [0.2, 0.25) is 0 Å². The Labute approximate surface area is 161 Å². The zero-order valence-corrected chi connectivity index (χ0v) is 16.4. The zero-order valence-electron chi connectivity index (χ0n) is 15.5. The molecule has 2 rings (SSSR count). The van der Waals surface area contributed by atoms with E-state index in [-0.39, 0.29) is 11.5 Å². The first kappa shape index (κ1) is 22.5. The van der Waals surface area contributed by atoms with Gasteiger partial charge in [0.15, 0.2) is 0 Å². The first-order chi connectivity index (χ1) is 12.8. The first-order valence-corrected chi connectivity index (χ1v) is 10.4. The summed E-state index contributed by atoms with van der Waals surface area (Å²) in [5.41, 5.74) is -1.97. The van der Waals surface area contributed by atoms with Gasteiger partial charge in [0.05, 0.1) is 27.0 Å². The van der Waals surface area contributed by atoms with E-state index >= 15 is 0 Å². The molecule has 0 atom stereocenters. The average Bonchev–Trinajstić information content (AvgIpc) is 3.02. The summed E-state index contributed by atoms with van der Waals surface area (Å²) in [5.74, 6) is -2.45. The normalized spacial score (nSPS) is 17.0. The van der Waals surface area contributed by atoms with Crippen molar-refractivity contribution in [3.05, 3.63) is 29.3 Å². The van der Waals surface area contributed by atoms with Crippen LogP contribution in [0.15, 0.2) is 18.2 Å². The van der Waals surface area contributed by atoms with E-state index in [0.29, 0.717) is 12.8 Å². The molecule has 0 radical (unpaired) electrons. The van der Waals surface area contributed by atoms with E-state index in [0.717, 1.165) is 31.0 Å². The molecule has 0 saturated heterocycles. The van der Waals surface area contributed by atoms with Crippen LogP contribution in [0.25, 0.3) is 0 Å². The minimum absolute atomic E-state index is 0.0334. The maximum atomic E-state index is 13.4. The van der Waals surface area contributed by atoms with Gasteiger partial charge in [-0.05, 0) is 49.8 Å². The number of hydrogen-bond donors (Lipinski definition) is 0. The largest absolute Gasteiger partial charge is 0.748 e. The minimum Gasteiger partial charge on any atom is -0.748 e. The molecule has 0 N–H and O–H groups in total. The molecule has 28 heavy (non-hydrogen) atoms. The van der Waals surface area contributed by atoms with Crippen molar-refractivity contribution >= 4 is 16.1 Å². The van der Waals surface area contributed by atoms with E-state index in [2.05, 4.69) is 4.74 Å². The third-order valence-electron chi connectivity index (χ3n) is 4.90. The van der Waals surface area contributed by atoms with Crippen molar-refractivity contribution in [2.24, 2.45) is 5.92 Å². The lowest BCUT2D eigenvalue weighted by Crippen LogP contribution is -2.39. The topological polar surface area (TPSA) is 92.7 Å². The van der Waals surface area contributed by atoms with E-state index in [1.54, 1.807) is 0 Å². The summed E-state index contributed by atoms with van der Waals surface area (Å²) in [6, 6.07) is 2.62. The molecule has 10 heteroatoms. The Hall–Kier alpha value is -1.81. The van der Waals surface area contributed by atoms with E-state index in [1.165, 1.54) is 0 Å². The number of esters is 1. The van der Waals surface area contributed by atoms with Crippen LogP contribution in [0.4, 0.5) is 13.2 Å². The lowest BCUT2D eigenvalue weighted by atomic mass is 9.88. The molecule has 6 nitrogen and oxygen atoms in total. The maximum absolute atomic E-state index is 13.4. The fraction of sp³-hybridized carbons (Fsp3) is 0.611. The number of carbonyl (C=O) groups is 1. The van der Waals surface area contributed by atoms with Crippen molar-refractivity contribution in [1.29, 1.82) is 0 Å². The molecular weight excluding hydrogens is 401 g/mol. The SMILES string of the molecule is CC(C)C1(Oc2cc(C(=O)OCCS(=O)(=O)[O-])ccc2C(F)(F)F)CCCC1. The van der Waals surface area contributed by atoms with Crippen molar-refractivity contribution < 1.29 is 40.4 Å². The summed E-state index contributed by atoms with van der Waals surface area (Å²) in [7, 11) is -4.57. The van der Waals surface area contributed by atoms with Gasteiger partial charge < -0.3 is 14.0 Å². The van der Waals surface area contributed by atoms with Gasteiger partial charge in [0.25, 0.3) is 0 Å². The molecule has 0 unspecified atom stereocenters. The lowest BCUT2D eigenvalue weighted by molar-refractivity contribution is -0.140. The molecule has 0 heterocycles. The molecule has 0 aromatic heterocycles. The summed E-state index contributed by atoms with van der Waals surface area (Å²) in [6.07, 6.45) is -1.78. The van der Waals surface area contributed by atoms with Gasteiger partial charge in [-0.15, -0.1) is 0 Å². The summed E-state index contributed by atoms with van der Waals surface area (Å²) < 4.78 is 82.5. The van der Waals surface area contributed by atoms with E-state index in [9.17, 15) is 30.9 Å². The van der Waals surface area contributed by atoms with Crippen molar-refractivity contribution in [1.82, 2.24) is 0 Å². The number of benzene rings is 1. The van der Waals surface area contributed by atoms with Crippen LogP contribution >= 0.6 is 0 Å². The quantitative estimate of drug-likeness (QED) is 0.490. The Morgan fingerprint density at radius 1 is 1.25 bits per heavy atom. The maximum Gasteiger partial charge on any atom is 0.419 e. The molecule has 1 saturated carbocycles. The second kappa shape index (κ2) is 8.28. The van der Waals surface area contributed by atoms with Gasteiger partial charge in [0.1, 0.15) is 18.0 Å². The summed E-state index contributed by atoms with van der Waals surface area (Å²) in [4.78, 5) is 12.0. The summed E-state index contributed by atoms with van der Waals surface area (Å²) in [6.45, 7) is 3.07. The van der Waals surface area contributed by atoms with Crippen molar-refractivity contribution in [2.45, 2.75) is 51.3 Å². The van der Waals surface area contributed by atoms with E-state index in [1.807, 2.05) is 13.8 Å².